The van der Waals surface area contributed by atoms with Crippen molar-refractivity contribution >= 4 is 17.3 Å². The minimum atomic E-state index is -0.0190. The zero-order valence-electron chi connectivity index (χ0n) is 16.5. The largest absolute Gasteiger partial charge is 0.508 e. The molecule has 152 valence electrons. The fourth-order valence-electron chi connectivity index (χ4n) is 3.26. The Morgan fingerprint density at radius 1 is 0.931 bits per heavy atom. The van der Waals surface area contributed by atoms with Crippen LogP contribution >= 0.6 is 11.6 Å². The van der Waals surface area contributed by atoms with Crippen LogP contribution in [-0.4, -0.2) is 34.3 Å². The third kappa shape index (κ3) is 6.23. The zero-order valence-corrected chi connectivity index (χ0v) is 17.3. The van der Waals surface area contributed by atoms with Crippen LogP contribution in [0.15, 0.2) is 78.9 Å². The molecule has 2 atom stereocenters. The maximum absolute atomic E-state index is 9.82. The van der Waals surface area contributed by atoms with E-state index in [9.17, 15) is 10.2 Å². The highest BCUT2D eigenvalue weighted by Crippen LogP contribution is 2.25. The predicted molar refractivity (Wildman–Crippen MR) is 119 cm³/mol. The molecule has 5 heteroatoms. The van der Waals surface area contributed by atoms with Crippen molar-refractivity contribution in [3.8, 4) is 5.75 Å². The quantitative estimate of drug-likeness (QED) is 0.430. The zero-order chi connectivity index (χ0) is 20.6. The van der Waals surface area contributed by atoms with Crippen molar-refractivity contribution < 1.29 is 10.2 Å². The molecule has 0 heterocycles. The van der Waals surface area contributed by atoms with Crippen molar-refractivity contribution in [2.24, 2.45) is 0 Å². The van der Waals surface area contributed by atoms with Crippen LogP contribution in [0.5, 0.6) is 5.75 Å². The van der Waals surface area contributed by atoms with Crippen molar-refractivity contribution in [2.45, 2.75) is 25.6 Å². The first-order valence-electron chi connectivity index (χ1n) is 9.75. The van der Waals surface area contributed by atoms with Crippen molar-refractivity contribution in [3.05, 3.63) is 95.0 Å². The normalized spacial score (nSPS) is 13.2. The average Bonchev–Trinajstić information content (AvgIpc) is 2.75. The van der Waals surface area contributed by atoms with Gasteiger partial charge in [-0.25, -0.2) is 0 Å². The van der Waals surface area contributed by atoms with E-state index in [2.05, 4.69) is 22.3 Å². The van der Waals surface area contributed by atoms with Gasteiger partial charge in [-0.15, -0.1) is 0 Å². The maximum Gasteiger partial charge on any atom is 0.115 e. The van der Waals surface area contributed by atoms with E-state index in [0.717, 1.165) is 17.8 Å². The first kappa shape index (κ1) is 21.2. The molecule has 0 aromatic heterocycles. The minimum Gasteiger partial charge on any atom is -0.508 e. The van der Waals surface area contributed by atoms with Gasteiger partial charge in [-0.1, -0.05) is 54.1 Å². The molecule has 3 aromatic rings. The van der Waals surface area contributed by atoms with Gasteiger partial charge in [0.15, 0.2) is 0 Å². The third-order valence-corrected chi connectivity index (χ3v) is 5.27. The van der Waals surface area contributed by atoms with Crippen LogP contribution in [0.25, 0.3) is 0 Å². The predicted octanol–water partition coefficient (Wildman–Crippen LogP) is 5.08. The Kier molecular flexibility index (Phi) is 7.53. The molecule has 0 bridgehead atoms. The van der Waals surface area contributed by atoms with Crippen LogP contribution in [0.4, 0.5) is 5.69 Å². The summed E-state index contributed by atoms with van der Waals surface area (Å²) in [4.78, 5) is 2.27. The van der Waals surface area contributed by atoms with Gasteiger partial charge in [0.1, 0.15) is 5.75 Å². The molecule has 0 spiro atoms. The van der Waals surface area contributed by atoms with Gasteiger partial charge in [0.2, 0.25) is 0 Å². The summed E-state index contributed by atoms with van der Waals surface area (Å²) in [5.74, 6) is 0.234. The Balaban J connectivity index is 1.85. The molecule has 0 radical (unpaired) electrons. The van der Waals surface area contributed by atoms with Gasteiger partial charge in [0, 0.05) is 29.8 Å². The van der Waals surface area contributed by atoms with E-state index in [0.29, 0.717) is 11.6 Å². The van der Waals surface area contributed by atoms with Gasteiger partial charge in [-0.2, -0.15) is 0 Å². The molecule has 4 nitrogen and oxygen atoms in total. The summed E-state index contributed by atoms with van der Waals surface area (Å²) < 4.78 is 0. The first-order chi connectivity index (χ1) is 14.0. The van der Waals surface area contributed by atoms with Crippen molar-refractivity contribution in [1.82, 2.24) is 4.90 Å². The number of hydrogen-bond acceptors (Lipinski definition) is 4. The lowest BCUT2D eigenvalue weighted by Crippen LogP contribution is -2.39. The lowest BCUT2D eigenvalue weighted by atomic mass is 10.0. The van der Waals surface area contributed by atoms with E-state index in [4.69, 9.17) is 11.6 Å². The van der Waals surface area contributed by atoms with Crippen LogP contribution in [0.3, 0.4) is 0 Å². The molecular weight excluding hydrogens is 384 g/mol. The summed E-state index contributed by atoms with van der Waals surface area (Å²) in [5, 5.41) is 23.6. The van der Waals surface area contributed by atoms with Crippen LogP contribution < -0.4 is 5.32 Å². The number of nitrogens with zero attached hydrogens (tertiary/aromatic N) is 1. The molecule has 3 N–H and O–H groups in total. The highest BCUT2D eigenvalue weighted by atomic mass is 35.5. The Morgan fingerprint density at radius 3 is 2.21 bits per heavy atom. The molecule has 0 amide bonds. The SMILES string of the molecule is C[C@H](CO)N(Cc1ccccc1)CC(Nc1ccc(O)cc1)c1ccc(Cl)cc1. The molecule has 0 fully saturated rings. The number of benzene rings is 3. The van der Waals surface area contributed by atoms with E-state index in [1.807, 2.05) is 61.5 Å². The first-order valence-corrected chi connectivity index (χ1v) is 10.1. The highest BCUT2D eigenvalue weighted by molar-refractivity contribution is 6.30. The van der Waals surface area contributed by atoms with E-state index in [-0.39, 0.29) is 24.4 Å². The Hall–Kier alpha value is -2.53. The number of rotatable bonds is 9. The Bertz CT molecular complexity index is 870. The molecular formula is C24H27ClN2O2. The number of anilines is 1. The third-order valence-electron chi connectivity index (χ3n) is 5.01. The molecule has 3 rings (SSSR count). The number of nitrogens with one attached hydrogen (secondary N) is 1. The summed E-state index contributed by atoms with van der Waals surface area (Å²) in [6.07, 6.45) is 0. The molecule has 29 heavy (non-hydrogen) atoms. The smallest absolute Gasteiger partial charge is 0.115 e. The monoisotopic (exact) mass is 410 g/mol. The highest BCUT2D eigenvalue weighted by Gasteiger charge is 2.20. The molecule has 0 saturated heterocycles. The molecule has 0 saturated carbocycles. The number of aliphatic hydroxyl groups excluding tert-OH is 1. The molecule has 0 aliphatic rings. The van der Waals surface area contributed by atoms with Crippen molar-refractivity contribution in [3.63, 3.8) is 0 Å². The maximum atomic E-state index is 9.82. The van der Waals surface area contributed by atoms with Gasteiger partial charge >= 0.3 is 0 Å². The second-order valence-corrected chi connectivity index (χ2v) is 7.68. The second kappa shape index (κ2) is 10.3. The molecule has 1 unspecified atom stereocenters. The summed E-state index contributed by atoms with van der Waals surface area (Å²) in [5.41, 5.74) is 3.22. The fourth-order valence-corrected chi connectivity index (χ4v) is 3.38. The van der Waals surface area contributed by atoms with Gasteiger partial charge in [0.25, 0.3) is 0 Å². The van der Waals surface area contributed by atoms with E-state index >= 15 is 0 Å². The second-order valence-electron chi connectivity index (χ2n) is 7.24. The minimum absolute atomic E-state index is 0.00613. The fraction of sp³-hybridized carbons (Fsp3) is 0.250. The number of hydrogen-bond donors (Lipinski definition) is 3. The Labute approximate surface area is 177 Å². The summed E-state index contributed by atoms with van der Waals surface area (Å²) in [7, 11) is 0. The standard InChI is InChI=1S/C24H27ClN2O2/c1-18(17-28)27(15-19-5-3-2-4-6-19)16-24(20-7-9-21(25)10-8-20)26-22-11-13-23(29)14-12-22/h2-14,18,24,26,28-29H,15-17H2,1H3/t18-,24?/m1/s1. The Morgan fingerprint density at radius 2 is 1.59 bits per heavy atom. The van der Waals surface area contributed by atoms with Crippen LogP contribution in [0, 0.1) is 0 Å². The van der Waals surface area contributed by atoms with E-state index in [1.54, 1.807) is 12.1 Å². The van der Waals surface area contributed by atoms with Gasteiger partial charge in [-0.05, 0) is 54.4 Å². The van der Waals surface area contributed by atoms with Crippen LogP contribution in [0.2, 0.25) is 5.02 Å². The topological polar surface area (TPSA) is 55.7 Å². The van der Waals surface area contributed by atoms with E-state index in [1.165, 1.54) is 5.56 Å². The average molecular weight is 411 g/mol. The number of aliphatic hydroxyl groups is 1. The lowest BCUT2D eigenvalue weighted by Gasteiger charge is -2.33. The lowest BCUT2D eigenvalue weighted by molar-refractivity contribution is 0.123. The molecule has 0 aliphatic carbocycles. The summed E-state index contributed by atoms with van der Waals surface area (Å²) in [6, 6.07) is 25.1. The van der Waals surface area contributed by atoms with Gasteiger partial charge in [0.05, 0.1) is 12.6 Å². The number of halogens is 1. The summed E-state index contributed by atoms with van der Waals surface area (Å²) in [6.45, 7) is 3.55. The molecule has 0 aliphatic heterocycles. The number of phenols is 1. The van der Waals surface area contributed by atoms with Crippen molar-refractivity contribution in [2.75, 3.05) is 18.5 Å². The van der Waals surface area contributed by atoms with Crippen molar-refractivity contribution in [1.29, 1.82) is 0 Å². The van der Waals surface area contributed by atoms with Crippen LogP contribution in [0.1, 0.15) is 24.1 Å². The van der Waals surface area contributed by atoms with Gasteiger partial charge < -0.3 is 15.5 Å². The van der Waals surface area contributed by atoms with E-state index < -0.39 is 0 Å². The number of aromatic hydroxyl groups is 1. The molecule has 3 aromatic carbocycles. The van der Waals surface area contributed by atoms with Gasteiger partial charge in [-0.3, -0.25) is 4.90 Å². The van der Waals surface area contributed by atoms with Crippen LogP contribution in [-0.2, 0) is 6.54 Å². The number of phenolic OH excluding ortho intramolecular Hbond substituents is 1. The summed E-state index contributed by atoms with van der Waals surface area (Å²) >= 11 is 6.09.